The van der Waals surface area contributed by atoms with Crippen LogP contribution in [0.3, 0.4) is 0 Å². The quantitative estimate of drug-likeness (QED) is 0.223. The standard InChI is InChI=1S/C13H8N.3C4H9.Sn/c1-2-6-11-10(5-1)9-14-13-8-4-3-7-12(11)13;3*1-3-4-2;/h1-6,8-9H;3*1,3-4H2,2H3;. The first-order valence-corrected chi connectivity index (χ1v) is 18.5. The molecule has 2 aromatic carbocycles. The second-order valence-corrected chi connectivity index (χ2v) is 21.3. The first-order chi connectivity index (χ1) is 13.3. The van der Waals surface area contributed by atoms with E-state index >= 15 is 0 Å². The molecule has 0 fully saturated rings. The maximum absolute atomic E-state index is 4.86. The molecule has 0 spiro atoms. The Bertz CT molecular complexity index is 849. The van der Waals surface area contributed by atoms with Crippen LogP contribution in [0.1, 0.15) is 59.3 Å². The summed E-state index contributed by atoms with van der Waals surface area (Å²) in [6.45, 7) is 7.07. The summed E-state index contributed by atoms with van der Waals surface area (Å²) in [5.41, 5.74) is 1.21. The van der Waals surface area contributed by atoms with E-state index in [1.165, 1.54) is 73.5 Å². The van der Waals surface area contributed by atoms with Crippen LogP contribution in [0.5, 0.6) is 0 Å². The molecule has 0 aliphatic rings. The molecule has 1 aromatic heterocycles. The van der Waals surface area contributed by atoms with Crippen molar-refractivity contribution in [2.24, 2.45) is 0 Å². The van der Waals surface area contributed by atoms with Crippen LogP contribution in [0, 0.1) is 0 Å². The number of rotatable bonds is 10. The fourth-order valence-electron chi connectivity index (χ4n) is 4.67. The Labute approximate surface area is 169 Å². The molecule has 1 nitrogen and oxygen atoms in total. The van der Waals surface area contributed by atoms with E-state index < -0.39 is 18.4 Å². The summed E-state index contributed by atoms with van der Waals surface area (Å²) in [6, 6.07) is 15.9. The normalized spacial score (nSPS) is 12.1. The summed E-state index contributed by atoms with van der Waals surface area (Å²) in [7, 11) is 0. The zero-order valence-electron chi connectivity index (χ0n) is 17.4. The molecule has 0 N–H and O–H groups in total. The Morgan fingerprint density at radius 2 is 1.37 bits per heavy atom. The summed E-state index contributed by atoms with van der Waals surface area (Å²) in [6.07, 6.45) is 10.2. The van der Waals surface area contributed by atoms with Crippen LogP contribution in [-0.2, 0) is 0 Å². The molecule has 0 aliphatic heterocycles. The van der Waals surface area contributed by atoms with Crippen molar-refractivity contribution in [3.05, 3.63) is 48.7 Å². The summed E-state index contributed by atoms with van der Waals surface area (Å²) in [5, 5.41) is 4.21. The number of fused-ring (bicyclic) bond motifs is 3. The number of aromatic nitrogens is 1. The maximum atomic E-state index is 4.86. The van der Waals surface area contributed by atoms with Gasteiger partial charge in [0.1, 0.15) is 0 Å². The number of hydrogen-bond acceptors (Lipinski definition) is 1. The number of unbranched alkanes of at least 4 members (excludes halogenated alkanes) is 3. The van der Waals surface area contributed by atoms with Gasteiger partial charge < -0.3 is 0 Å². The minimum atomic E-state index is -2.50. The van der Waals surface area contributed by atoms with Gasteiger partial charge in [-0.3, -0.25) is 0 Å². The Morgan fingerprint density at radius 1 is 0.741 bits per heavy atom. The van der Waals surface area contributed by atoms with E-state index in [0.717, 1.165) is 0 Å². The van der Waals surface area contributed by atoms with E-state index in [1.54, 1.807) is 3.58 Å². The van der Waals surface area contributed by atoms with Crippen molar-refractivity contribution in [2.45, 2.75) is 72.6 Å². The molecular weight excluding hydrogens is 433 g/mol. The fraction of sp³-hybridized carbons (Fsp3) is 0.480. The molecule has 3 aromatic rings. The van der Waals surface area contributed by atoms with E-state index in [9.17, 15) is 0 Å². The molecule has 0 aliphatic carbocycles. The molecule has 1 heterocycles. The van der Waals surface area contributed by atoms with Gasteiger partial charge in [0.2, 0.25) is 0 Å². The Kier molecular flexibility index (Phi) is 7.57. The van der Waals surface area contributed by atoms with E-state index in [4.69, 9.17) is 4.98 Å². The molecule has 0 unspecified atom stereocenters. The summed E-state index contributed by atoms with van der Waals surface area (Å²) in [4.78, 5) is 4.86. The zero-order chi connectivity index (χ0) is 19.1. The van der Waals surface area contributed by atoms with Crippen molar-refractivity contribution in [2.75, 3.05) is 0 Å². The Morgan fingerprint density at radius 3 is 2.00 bits per heavy atom. The van der Waals surface area contributed by atoms with Gasteiger partial charge in [-0.2, -0.15) is 0 Å². The van der Waals surface area contributed by atoms with E-state index in [-0.39, 0.29) is 0 Å². The van der Waals surface area contributed by atoms with Crippen LogP contribution in [0.4, 0.5) is 0 Å². The van der Waals surface area contributed by atoms with Crippen LogP contribution in [0.25, 0.3) is 21.7 Å². The molecule has 0 atom stereocenters. The molecule has 0 amide bonds. The molecule has 0 saturated carbocycles. The van der Waals surface area contributed by atoms with E-state index in [1.807, 2.05) is 0 Å². The van der Waals surface area contributed by atoms with Crippen molar-refractivity contribution < 1.29 is 0 Å². The van der Waals surface area contributed by atoms with Gasteiger partial charge in [0.15, 0.2) is 0 Å². The first kappa shape index (κ1) is 20.6. The van der Waals surface area contributed by atoms with Crippen molar-refractivity contribution in [3.63, 3.8) is 0 Å². The fourth-order valence-corrected chi connectivity index (χ4v) is 21.5. The average molecular weight is 468 g/mol. The molecule has 2 heteroatoms. The van der Waals surface area contributed by atoms with Gasteiger partial charge in [-0.25, -0.2) is 0 Å². The number of hydrogen-bond donors (Lipinski definition) is 0. The molecule has 0 saturated heterocycles. The van der Waals surface area contributed by atoms with E-state index in [2.05, 4.69) is 69.4 Å². The second kappa shape index (κ2) is 9.91. The van der Waals surface area contributed by atoms with Gasteiger partial charge in [0.05, 0.1) is 0 Å². The van der Waals surface area contributed by atoms with Crippen LogP contribution in [0.2, 0.25) is 13.3 Å². The first-order valence-electron chi connectivity index (χ1n) is 11.0. The van der Waals surface area contributed by atoms with Crippen LogP contribution in [-0.4, -0.2) is 23.4 Å². The third kappa shape index (κ3) is 4.50. The van der Waals surface area contributed by atoms with Crippen LogP contribution >= 0.6 is 0 Å². The molecular formula is C25H35NSn. The molecule has 27 heavy (non-hydrogen) atoms. The number of nitrogens with zero attached hydrogens (tertiary/aromatic N) is 1. The van der Waals surface area contributed by atoms with E-state index in [0.29, 0.717) is 0 Å². The van der Waals surface area contributed by atoms with Crippen molar-refractivity contribution in [3.8, 4) is 0 Å². The third-order valence-electron chi connectivity index (χ3n) is 6.21. The average Bonchev–Trinajstić information content (AvgIpc) is 2.73. The third-order valence-corrected chi connectivity index (χ3v) is 21.9. The summed E-state index contributed by atoms with van der Waals surface area (Å²) < 4.78 is 6.29. The predicted molar refractivity (Wildman–Crippen MR) is 124 cm³/mol. The van der Waals surface area contributed by atoms with Gasteiger partial charge >= 0.3 is 170 Å². The van der Waals surface area contributed by atoms with Crippen LogP contribution in [0.15, 0.2) is 48.7 Å². The van der Waals surface area contributed by atoms with Crippen molar-refractivity contribution >= 4 is 43.6 Å². The van der Waals surface area contributed by atoms with Gasteiger partial charge in [0.25, 0.3) is 0 Å². The van der Waals surface area contributed by atoms with Crippen molar-refractivity contribution in [1.29, 1.82) is 0 Å². The molecule has 144 valence electrons. The SMILES string of the molecule is CCC[CH2][Sn]([CH2]CCC)([CH2]CCC)[c]1cccc2ncc3ccccc3c12. The van der Waals surface area contributed by atoms with Gasteiger partial charge in [-0.1, -0.05) is 0 Å². The second-order valence-electron chi connectivity index (χ2n) is 8.14. The molecule has 0 radical (unpaired) electrons. The number of benzene rings is 2. The predicted octanol–water partition coefficient (Wildman–Crippen LogP) is 7.44. The van der Waals surface area contributed by atoms with Crippen LogP contribution < -0.4 is 3.58 Å². The molecule has 3 rings (SSSR count). The minimum absolute atomic E-state index is 1.21. The monoisotopic (exact) mass is 469 g/mol. The Balaban J connectivity index is 2.25. The van der Waals surface area contributed by atoms with Crippen molar-refractivity contribution in [1.82, 2.24) is 4.98 Å². The summed E-state index contributed by atoms with van der Waals surface area (Å²) in [5.74, 6) is 0. The Hall–Kier alpha value is -1.09. The number of pyridine rings is 1. The van der Waals surface area contributed by atoms with Gasteiger partial charge in [0, 0.05) is 0 Å². The zero-order valence-corrected chi connectivity index (χ0v) is 20.3. The van der Waals surface area contributed by atoms with Gasteiger partial charge in [-0.05, 0) is 0 Å². The van der Waals surface area contributed by atoms with Gasteiger partial charge in [-0.15, -0.1) is 0 Å². The summed E-state index contributed by atoms with van der Waals surface area (Å²) >= 11 is -2.50. The topological polar surface area (TPSA) is 12.9 Å². The molecule has 0 bridgehead atoms.